The van der Waals surface area contributed by atoms with E-state index < -0.39 is 24.1 Å². The Hall–Kier alpha value is -2.48. The Kier molecular flexibility index (Phi) is 9.84. The highest BCUT2D eigenvalue weighted by Gasteiger charge is 2.21. The Morgan fingerprint density at radius 2 is 1.88 bits per heavy atom. The topological polar surface area (TPSA) is 90.9 Å². The summed E-state index contributed by atoms with van der Waals surface area (Å²) in [5.41, 5.74) is 0.843. The van der Waals surface area contributed by atoms with Gasteiger partial charge < -0.3 is 19.5 Å². The summed E-state index contributed by atoms with van der Waals surface area (Å²) in [5.74, 6) is -0.527. The van der Waals surface area contributed by atoms with Crippen molar-refractivity contribution in [3.05, 3.63) is 47.4 Å². The normalized spacial score (nSPS) is 11.6. The smallest absolute Gasteiger partial charge is 0.408 e. The third-order valence-electron chi connectivity index (χ3n) is 3.02. The maximum Gasteiger partial charge on any atom is 0.408 e. The van der Waals surface area contributed by atoms with E-state index in [0.717, 1.165) is 5.56 Å². The number of benzene rings is 1. The highest BCUT2D eigenvalue weighted by molar-refractivity contribution is 8.02. The number of amides is 1. The largest absolute Gasteiger partial charge is 0.467 e. The molecule has 1 aromatic carbocycles. The van der Waals surface area contributed by atoms with Crippen LogP contribution in [0.1, 0.15) is 12.0 Å². The third-order valence-corrected chi connectivity index (χ3v) is 3.82. The van der Waals surface area contributed by atoms with Gasteiger partial charge in [-0.25, -0.2) is 14.4 Å². The van der Waals surface area contributed by atoms with E-state index >= 15 is 0 Å². The van der Waals surface area contributed by atoms with Gasteiger partial charge in [0.2, 0.25) is 0 Å². The summed E-state index contributed by atoms with van der Waals surface area (Å²) < 4.78 is 14.2. The number of hydrogen-bond donors (Lipinski definition) is 1. The van der Waals surface area contributed by atoms with E-state index in [1.54, 1.807) is 5.41 Å². The molecule has 25 heavy (non-hydrogen) atoms. The molecule has 0 aliphatic carbocycles. The maximum absolute atomic E-state index is 11.8. The molecule has 0 spiro atoms. The number of methoxy groups -OCH3 is 2. The monoisotopic (exact) mass is 367 g/mol. The first-order chi connectivity index (χ1) is 12.1. The molecule has 0 unspecified atom stereocenters. The Bertz CT molecular complexity index is 590. The number of thioether (sulfide) groups is 1. The van der Waals surface area contributed by atoms with Crippen molar-refractivity contribution < 1.29 is 28.6 Å². The first kappa shape index (κ1) is 20.6. The van der Waals surface area contributed by atoms with Gasteiger partial charge in [0.15, 0.2) is 0 Å². The second kappa shape index (κ2) is 12.0. The van der Waals surface area contributed by atoms with Gasteiger partial charge in [0.05, 0.1) is 14.2 Å². The number of esters is 2. The minimum absolute atomic E-state index is 0.108. The standard InChI is InChI=1S/C17H21NO6S/c1-22-15(19)9-11-25-10-8-14(16(20)23-2)18-17(21)24-12-13-6-4-3-5-7-13/h3-7,9,11,14H,8,10,12H2,1-2H3,(H,18,21)/b11-9-/t14-/m0/s1. The van der Waals surface area contributed by atoms with Gasteiger partial charge in [-0.05, 0) is 23.1 Å². The van der Waals surface area contributed by atoms with Gasteiger partial charge in [-0.1, -0.05) is 30.3 Å². The van der Waals surface area contributed by atoms with Crippen molar-refractivity contribution in [3.63, 3.8) is 0 Å². The molecular formula is C17H21NO6S. The SMILES string of the molecule is COC(=O)/C=C\SCC[C@H](NC(=O)OCc1ccccc1)C(=O)OC. The fourth-order valence-corrected chi connectivity index (χ4v) is 2.44. The van der Waals surface area contributed by atoms with Crippen molar-refractivity contribution in [1.82, 2.24) is 5.32 Å². The number of ether oxygens (including phenoxy) is 3. The van der Waals surface area contributed by atoms with Gasteiger partial charge in [0.25, 0.3) is 0 Å². The summed E-state index contributed by atoms with van der Waals surface area (Å²) in [6, 6.07) is 8.38. The molecule has 0 heterocycles. The van der Waals surface area contributed by atoms with Crippen LogP contribution in [0, 0.1) is 0 Å². The number of rotatable bonds is 9. The molecule has 1 N–H and O–H groups in total. The second-order valence-electron chi connectivity index (χ2n) is 4.77. The maximum atomic E-state index is 11.8. The summed E-state index contributed by atoms with van der Waals surface area (Å²) in [6.45, 7) is 0.108. The number of hydrogen-bond acceptors (Lipinski definition) is 7. The van der Waals surface area contributed by atoms with Crippen LogP contribution in [0.15, 0.2) is 41.8 Å². The van der Waals surface area contributed by atoms with Crippen molar-refractivity contribution in [2.75, 3.05) is 20.0 Å². The third kappa shape index (κ3) is 8.80. The molecule has 0 saturated carbocycles. The Balaban J connectivity index is 2.41. The van der Waals surface area contributed by atoms with Crippen LogP contribution >= 0.6 is 11.8 Å². The van der Waals surface area contributed by atoms with Gasteiger partial charge in [0, 0.05) is 6.08 Å². The number of nitrogens with one attached hydrogen (secondary N) is 1. The van der Waals surface area contributed by atoms with E-state index in [0.29, 0.717) is 12.2 Å². The first-order valence-corrected chi connectivity index (χ1v) is 8.52. The van der Waals surface area contributed by atoms with Crippen LogP contribution in [-0.4, -0.2) is 44.0 Å². The zero-order valence-electron chi connectivity index (χ0n) is 14.1. The van der Waals surface area contributed by atoms with Gasteiger partial charge in [0.1, 0.15) is 12.6 Å². The molecule has 1 atom stereocenters. The molecule has 0 bridgehead atoms. The van der Waals surface area contributed by atoms with Gasteiger partial charge in [-0.3, -0.25) is 0 Å². The highest BCUT2D eigenvalue weighted by Crippen LogP contribution is 2.08. The van der Waals surface area contributed by atoms with Crippen molar-refractivity contribution >= 4 is 29.8 Å². The van der Waals surface area contributed by atoms with E-state index in [1.165, 1.54) is 32.1 Å². The number of carbonyl (C=O) groups is 3. The molecule has 0 fully saturated rings. The van der Waals surface area contributed by atoms with Crippen molar-refractivity contribution in [2.24, 2.45) is 0 Å². The van der Waals surface area contributed by atoms with E-state index in [-0.39, 0.29) is 6.61 Å². The lowest BCUT2D eigenvalue weighted by Gasteiger charge is -2.16. The number of alkyl carbamates (subject to hydrolysis) is 1. The molecule has 0 aliphatic heterocycles. The summed E-state index contributed by atoms with van der Waals surface area (Å²) in [7, 11) is 2.53. The lowest BCUT2D eigenvalue weighted by molar-refractivity contribution is -0.143. The predicted molar refractivity (Wildman–Crippen MR) is 93.8 cm³/mol. The number of carbonyl (C=O) groups excluding carboxylic acids is 3. The highest BCUT2D eigenvalue weighted by atomic mass is 32.2. The lowest BCUT2D eigenvalue weighted by Crippen LogP contribution is -2.42. The van der Waals surface area contributed by atoms with Crippen LogP contribution in [0.25, 0.3) is 0 Å². The van der Waals surface area contributed by atoms with E-state index in [9.17, 15) is 14.4 Å². The molecule has 7 nitrogen and oxygen atoms in total. The van der Waals surface area contributed by atoms with E-state index in [2.05, 4.69) is 14.8 Å². The van der Waals surface area contributed by atoms with Crippen LogP contribution in [0.4, 0.5) is 4.79 Å². The summed E-state index contributed by atoms with van der Waals surface area (Å²) in [6.07, 6.45) is 0.900. The molecule has 8 heteroatoms. The quantitative estimate of drug-likeness (QED) is 0.310. The molecule has 136 valence electrons. The fraction of sp³-hybridized carbons (Fsp3) is 0.353. The Morgan fingerprint density at radius 1 is 1.16 bits per heavy atom. The summed E-state index contributed by atoms with van der Waals surface area (Å²) >= 11 is 1.31. The van der Waals surface area contributed by atoms with Crippen molar-refractivity contribution in [1.29, 1.82) is 0 Å². The zero-order chi connectivity index (χ0) is 18.5. The van der Waals surface area contributed by atoms with Gasteiger partial charge in [-0.2, -0.15) is 0 Å². The summed E-state index contributed by atoms with van der Waals surface area (Å²) in [4.78, 5) is 34.5. The molecule has 0 saturated heterocycles. The first-order valence-electron chi connectivity index (χ1n) is 7.48. The molecule has 0 aromatic heterocycles. The average Bonchev–Trinajstić information content (AvgIpc) is 2.65. The Morgan fingerprint density at radius 3 is 2.52 bits per heavy atom. The van der Waals surface area contributed by atoms with Crippen LogP contribution in [0.5, 0.6) is 0 Å². The van der Waals surface area contributed by atoms with Crippen LogP contribution < -0.4 is 5.32 Å². The van der Waals surface area contributed by atoms with Crippen LogP contribution in [-0.2, 0) is 30.4 Å². The zero-order valence-corrected chi connectivity index (χ0v) is 14.9. The average molecular weight is 367 g/mol. The Labute approximate surface area is 150 Å². The van der Waals surface area contributed by atoms with Gasteiger partial charge in [-0.15, -0.1) is 11.8 Å². The van der Waals surface area contributed by atoms with E-state index in [4.69, 9.17) is 4.74 Å². The molecular weight excluding hydrogens is 346 g/mol. The minimum atomic E-state index is -0.827. The molecule has 1 amide bonds. The molecule has 1 rings (SSSR count). The molecule has 1 aromatic rings. The lowest BCUT2D eigenvalue weighted by atomic mass is 10.2. The summed E-state index contributed by atoms with van der Waals surface area (Å²) in [5, 5.41) is 4.05. The van der Waals surface area contributed by atoms with Crippen LogP contribution in [0.2, 0.25) is 0 Å². The predicted octanol–water partition coefficient (Wildman–Crippen LogP) is 2.26. The minimum Gasteiger partial charge on any atom is -0.467 e. The second-order valence-corrected chi connectivity index (χ2v) is 5.78. The van der Waals surface area contributed by atoms with Crippen molar-refractivity contribution in [3.8, 4) is 0 Å². The van der Waals surface area contributed by atoms with Gasteiger partial charge >= 0.3 is 18.0 Å². The van der Waals surface area contributed by atoms with E-state index in [1.807, 2.05) is 30.3 Å². The van der Waals surface area contributed by atoms with Crippen molar-refractivity contribution in [2.45, 2.75) is 19.1 Å². The fourth-order valence-electron chi connectivity index (χ4n) is 1.72. The molecule has 0 radical (unpaired) electrons. The van der Waals surface area contributed by atoms with Crippen LogP contribution in [0.3, 0.4) is 0 Å². The molecule has 0 aliphatic rings.